The zero-order chi connectivity index (χ0) is 22.9. The molecule has 1 saturated heterocycles. The summed E-state index contributed by atoms with van der Waals surface area (Å²) in [5.74, 6) is -0.0558. The lowest BCUT2D eigenvalue weighted by molar-refractivity contribution is 0.414. The minimum atomic E-state index is -3.68. The second-order valence-corrected chi connectivity index (χ2v) is 10.2. The van der Waals surface area contributed by atoms with Crippen molar-refractivity contribution in [3.05, 3.63) is 52.6 Å². The van der Waals surface area contributed by atoms with E-state index in [2.05, 4.69) is 36.3 Å². The van der Waals surface area contributed by atoms with Gasteiger partial charge in [0.2, 0.25) is 10.0 Å². The Kier molecular flexibility index (Phi) is 6.42. The lowest BCUT2D eigenvalue weighted by atomic mass is 10.0. The molecule has 0 unspecified atom stereocenters. The number of piperidine rings is 1. The molecule has 0 radical (unpaired) electrons. The summed E-state index contributed by atoms with van der Waals surface area (Å²) >= 11 is 3.29. The fourth-order valence-corrected chi connectivity index (χ4v) is 4.71. The van der Waals surface area contributed by atoms with E-state index in [9.17, 15) is 18.6 Å². The van der Waals surface area contributed by atoms with E-state index in [1.54, 1.807) is 24.4 Å². The summed E-state index contributed by atoms with van der Waals surface area (Å²) in [5.41, 5.74) is 3.15. The molecule has 0 atom stereocenters. The van der Waals surface area contributed by atoms with Gasteiger partial charge in [-0.1, -0.05) is 12.1 Å². The molecule has 0 aliphatic carbocycles. The van der Waals surface area contributed by atoms with E-state index in [0.29, 0.717) is 28.3 Å². The molecule has 9 nitrogen and oxygen atoms in total. The molecular formula is C21H24BrN5O4S. The maximum atomic E-state index is 11.4. The van der Waals surface area contributed by atoms with Gasteiger partial charge in [-0.3, -0.25) is 5.10 Å². The highest BCUT2D eigenvalue weighted by Gasteiger charge is 2.24. The SMILES string of the molecule is NS(=O)(=O)c1ccc(CNC2CCN(c3cn[nH]c3-c3cc(Br)c(O)cc3O)CC2)cc1. The van der Waals surface area contributed by atoms with Crippen LogP contribution >= 0.6 is 15.9 Å². The first-order valence-corrected chi connectivity index (χ1v) is 12.4. The van der Waals surface area contributed by atoms with Crippen molar-refractivity contribution in [2.75, 3.05) is 18.0 Å². The number of halogens is 1. The van der Waals surface area contributed by atoms with E-state index in [0.717, 1.165) is 37.2 Å². The van der Waals surface area contributed by atoms with Gasteiger partial charge in [-0.15, -0.1) is 0 Å². The second-order valence-electron chi connectivity index (χ2n) is 7.78. The molecule has 11 heteroatoms. The number of hydrogen-bond acceptors (Lipinski definition) is 7. The predicted molar refractivity (Wildman–Crippen MR) is 125 cm³/mol. The van der Waals surface area contributed by atoms with Crippen molar-refractivity contribution in [3.8, 4) is 22.8 Å². The Morgan fingerprint density at radius 3 is 2.50 bits per heavy atom. The Bertz CT molecular complexity index is 1210. The Balaban J connectivity index is 1.37. The third-order valence-corrected chi connectivity index (χ3v) is 7.20. The number of aromatic nitrogens is 2. The highest BCUT2D eigenvalue weighted by atomic mass is 79.9. The van der Waals surface area contributed by atoms with Gasteiger partial charge in [-0.2, -0.15) is 5.10 Å². The molecular weight excluding hydrogens is 498 g/mol. The maximum absolute atomic E-state index is 11.4. The number of phenols is 2. The van der Waals surface area contributed by atoms with Crippen LogP contribution in [0.25, 0.3) is 11.3 Å². The largest absolute Gasteiger partial charge is 0.507 e. The average molecular weight is 522 g/mol. The number of nitrogens with two attached hydrogens (primary N) is 1. The number of hydrogen-bond donors (Lipinski definition) is 5. The van der Waals surface area contributed by atoms with E-state index in [4.69, 9.17) is 5.14 Å². The Labute approximate surface area is 194 Å². The molecule has 6 N–H and O–H groups in total. The van der Waals surface area contributed by atoms with Crippen LogP contribution in [0.1, 0.15) is 18.4 Å². The number of nitrogens with one attached hydrogen (secondary N) is 2. The highest BCUT2D eigenvalue weighted by Crippen LogP contribution is 2.40. The standard InChI is InChI=1S/C21H24BrN5O4S/c22-17-9-16(19(28)10-20(17)29)21-18(12-25-26-21)27-7-5-14(6-8-27)24-11-13-1-3-15(4-2-13)32(23,30)31/h1-4,9-10,12,14,24,28-29H,5-8,11H2,(H,25,26)(H2,23,30,31). The highest BCUT2D eigenvalue weighted by molar-refractivity contribution is 9.10. The minimum absolute atomic E-state index is 0.0267. The van der Waals surface area contributed by atoms with Crippen LogP contribution in [0.5, 0.6) is 11.5 Å². The quantitative estimate of drug-likeness (QED) is 0.335. The molecule has 1 fully saturated rings. The normalized spacial score (nSPS) is 15.2. The van der Waals surface area contributed by atoms with Crippen molar-refractivity contribution in [2.45, 2.75) is 30.3 Å². The van der Waals surface area contributed by atoms with Crippen LogP contribution in [0.2, 0.25) is 0 Å². The van der Waals surface area contributed by atoms with Crippen LogP contribution in [0.3, 0.4) is 0 Å². The summed E-state index contributed by atoms with van der Waals surface area (Å²) in [4.78, 5) is 2.33. The third-order valence-electron chi connectivity index (χ3n) is 5.64. The van der Waals surface area contributed by atoms with Crippen molar-refractivity contribution in [1.29, 1.82) is 0 Å². The third kappa shape index (κ3) is 4.90. The zero-order valence-electron chi connectivity index (χ0n) is 17.1. The lowest BCUT2D eigenvalue weighted by Crippen LogP contribution is -2.42. The second kappa shape index (κ2) is 9.10. The first-order chi connectivity index (χ1) is 15.2. The molecule has 2 aromatic carbocycles. The number of rotatable bonds is 6. The van der Waals surface area contributed by atoms with E-state index in [1.165, 1.54) is 18.2 Å². The molecule has 0 bridgehead atoms. The van der Waals surface area contributed by atoms with Gasteiger partial charge in [-0.05, 0) is 52.5 Å². The molecule has 0 spiro atoms. The molecule has 4 rings (SSSR count). The van der Waals surface area contributed by atoms with Gasteiger partial charge in [0.05, 0.1) is 26.9 Å². The molecule has 0 amide bonds. The number of aromatic amines is 1. The minimum Gasteiger partial charge on any atom is -0.507 e. The van der Waals surface area contributed by atoms with E-state index in [1.807, 2.05) is 0 Å². The van der Waals surface area contributed by atoms with Gasteiger partial charge in [-0.25, -0.2) is 13.6 Å². The molecule has 3 aromatic rings. The van der Waals surface area contributed by atoms with Gasteiger partial charge in [0, 0.05) is 37.3 Å². The molecule has 2 heterocycles. The monoisotopic (exact) mass is 521 g/mol. The maximum Gasteiger partial charge on any atom is 0.238 e. The summed E-state index contributed by atoms with van der Waals surface area (Å²) in [6, 6.07) is 9.87. The summed E-state index contributed by atoms with van der Waals surface area (Å²) in [7, 11) is -3.68. The van der Waals surface area contributed by atoms with Crippen LogP contribution in [-0.2, 0) is 16.6 Å². The van der Waals surface area contributed by atoms with Gasteiger partial charge < -0.3 is 20.4 Å². The van der Waals surface area contributed by atoms with Crippen molar-refractivity contribution >= 4 is 31.6 Å². The summed E-state index contributed by atoms with van der Waals surface area (Å²) in [6.07, 6.45) is 3.59. The number of primary sulfonamides is 1. The van der Waals surface area contributed by atoms with Crippen LogP contribution in [0.15, 0.2) is 52.0 Å². The van der Waals surface area contributed by atoms with Crippen LogP contribution < -0.4 is 15.4 Å². The van der Waals surface area contributed by atoms with Gasteiger partial charge in [0.1, 0.15) is 11.5 Å². The van der Waals surface area contributed by atoms with Gasteiger partial charge >= 0.3 is 0 Å². The predicted octanol–water partition coefficient (Wildman–Crippen LogP) is 2.66. The van der Waals surface area contributed by atoms with Crippen molar-refractivity contribution in [2.24, 2.45) is 5.14 Å². The van der Waals surface area contributed by atoms with Crippen LogP contribution in [0.4, 0.5) is 5.69 Å². The first-order valence-electron chi connectivity index (χ1n) is 10.1. The van der Waals surface area contributed by atoms with Crippen LogP contribution in [0, 0.1) is 0 Å². The van der Waals surface area contributed by atoms with Gasteiger partial charge in [0.25, 0.3) is 0 Å². The Hall–Kier alpha value is -2.60. The topological polar surface area (TPSA) is 145 Å². The van der Waals surface area contributed by atoms with Crippen molar-refractivity contribution < 1.29 is 18.6 Å². The number of nitrogens with zero attached hydrogens (tertiary/aromatic N) is 2. The van der Waals surface area contributed by atoms with E-state index in [-0.39, 0.29) is 16.4 Å². The van der Waals surface area contributed by atoms with Crippen molar-refractivity contribution in [3.63, 3.8) is 0 Å². The number of phenolic OH excluding ortho intramolecular Hbond substituents is 2. The number of sulfonamides is 1. The molecule has 1 aliphatic heterocycles. The molecule has 1 aliphatic rings. The van der Waals surface area contributed by atoms with Gasteiger partial charge in [0.15, 0.2) is 0 Å². The van der Waals surface area contributed by atoms with Crippen LogP contribution in [-0.4, -0.2) is 48.0 Å². The zero-order valence-corrected chi connectivity index (χ0v) is 19.5. The number of anilines is 1. The summed E-state index contributed by atoms with van der Waals surface area (Å²) in [5, 5.41) is 35.9. The summed E-state index contributed by atoms with van der Waals surface area (Å²) in [6.45, 7) is 2.27. The average Bonchev–Trinajstić information content (AvgIpc) is 3.24. The number of aromatic hydroxyl groups is 2. The fourth-order valence-electron chi connectivity index (χ4n) is 3.85. The smallest absolute Gasteiger partial charge is 0.238 e. The Morgan fingerprint density at radius 1 is 1.16 bits per heavy atom. The number of H-pyrrole nitrogens is 1. The van der Waals surface area contributed by atoms with E-state index >= 15 is 0 Å². The summed E-state index contributed by atoms with van der Waals surface area (Å²) < 4.78 is 23.2. The lowest BCUT2D eigenvalue weighted by Gasteiger charge is -2.34. The molecule has 170 valence electrons. The number of benzene rings is 2. The molecule has 1 aromatic heterocycles. The van der Waals surface area contributed by atoms with Crippen molar-refractivity contribution in [1.82, 2.24) is 15.5 Å². The fraction of sp³-hybridized carbons (Fsp3) is 0.286. The molecule has 32 heavy (non-hydrogen) atoms. The Morgan fingerprint density at radius 2 is 1.84 bits per heavy atom. The van der Waals surface area contributed by atoms with E-state index < -0.39 is 10.0 Å². The molecule has 0 saturated carbocycles. The first kappa shape index (κ1) is 22.6.